The highest BCUT2D eigenvalue weighted by Gasteiger charge is 2.04. The van der Waals surface area contributed by atoms with Gasteiger partial charge >= 0.3 is 0 Å². The first-order chi connectivity index (χ1) is 11.3. The Hall–Kier alpha value is -2.62. The van der Waals surface area contributed by atoms with Crippen molar-refractivity contribution in [3.63, 3.8) is 0 Å². The zero-order valence-electron chi connectivity index (χ0n) is 13.4. The zero-order valence-corrected chi connectivity index (χ0v) is 13.4. The fraction of sp³-hybridized carbons (Fsp3) is 0.158. The zero-order chi connectivity index (χ0) is 15.9. The van der Waals surface area contributed by atoms with Crippen LogP contribution in [0, 0.1) is 0 Å². The third-order valence-corrected chi connectivity index (χ3v) is 3.84. The highest BCUT2D eigenvalue weighted by atomic mass is 15.0. The number of nitrogens with zero attached hydrogens (tertiary/aromatic N) is 2. The van der Waals surface area contributed by atoms with Crippen molar-refractivity contribution in [2.75, 3.05) is 11.9 Å². The van der Waals surface area contributed by atoms with Gasteiger partial charge in [-0.3, -0.25) is 4.98 Å². The first-order valence-corrected chi connectivity index (χ1v) is 7.99. The maximum Gasteiger partial charge on any atom is 0.142 e. The highest BCUT2D eigenvalue weighted by Crippen LogP contribution is 2.15. The standard InChI is InChI=1S/C19H20BN3/c20-17-8-9-18(23-19(17)16-10-13-21-14-11-16)22-12-4-7-15-5-2-1-3-6-15/h1-3,5-6,8-11,13-14H,4,7,12,20H2,(H,22,23). The fourth-order valence-electron chi connectivity index (χ4n) is 2.58. The van der Waals surface area contributed by atoms with Crippen molar-refractivity contribution in [3.8, 4) is 11.3 Å². The fourth-order valence-corrected chi connectivity index (χ4v) is 2.58. The van der Waals surface area contributed by atoms with Gasteiger partial charge in [-0.05, 0) is 36.6 Å². The summed E-state index contributed by atoms with van der Waals surface area (Å²) in [6, 6.07) is 18.7. The number of aryl methyl sites for hydroxylation is 1. The number of benzene rings is 1. The first kappa shape index (κ1) is 15.3. The number of aromatic nitrogens is 2. The lowest BCUT2D eigenvalue weighted by molar-refractivity contribution is 0.859. The third-order valence-electron chi connectivity index (χ3n) is 3.84. The van der Waals surface area contributed by atoms with Crippen LogP contribution in [-0.2, 0) is 6.42 Å². The molecule has 0 amide bonds. The van der Waals surface area contributed by atoms with Gasteiger partial charge in [0, 0.05) is 24.5 Å². The van der Waals surface area contributed by atoms with Gasteiger partial charge in [0.25, 0.3) is 0 Å². The van der Waals surface area contributed by atoms with E-state index in [1.54, 1.807) is 12.4 Å². The maximum absolute atomic E-state index is 4.75. The molecule has 2 aromatic heterocycles. The van der Waals surface area contributed by atoms with Crippen LogP contribution in [0.15, 0.2) is 67.0 Å². The normalized spacial score (nSPS) is 10.4. The largest absolute Gasteiger partial charge is 0.370 e. The van der Waals surface area contributed by atoms with Crippen LogP contribution in [0.1, 0.15) is 12.0 Å². The van der Waals surface area contributed by atoms with E-state index in [9.17, 15) is 0 Å². The van der Waals surface area contributed by atoms with E-state index >= 15 is 0 Å². The Morgan fingerprint density at radius 2 is 1.70 bits per heavy atom. The molecule has 0 bridgehead atoms. The predicted octanol–water partition coefficient (Wildman–Crippen LogP) is 2.45. The summed E-state index contributed by atoms with van der Waals surface area (Å²) in [5.74, 6) is 0.926. The second-order valence-electron chi connectivity index (χ2n) is 5.61. The molecule has 0 fully saturated rings. The van der Waals surface area contributed by atoms with Gasteiger partial charge in [-0.25, -0.2) is 4.98 Å². The minimum absolute atomic E-state index is 0.917. The lowest BCUT2D eigenvalue weighted by Crippen LogP contribution is -2.12. The Kier molecular flexibility index (Phi) is 5.04. The van der Waals surface area contributed by atoms with Crippen LogP contribution < -0.4 is 10.8 Å². The Morgan fingerprint density at radius 3 is 2.48 bits per heavy atom. The molecule has 0 spiro atoms. The summed E-state index contributed by atoms with van der Waals surface area (Å²) >= 11 is 0. The lowest BCUT2D eigenvalue weighted by atomic mass is 9.91. The molecule has 4 heteroatoms. The van der Waals surface area contributed by atoms with Crippen molar-refractivity contribution in [1.82, 2.24) is 9.97 Å². The van der Waals surface area contributed by atoms with Crippen LogP contribution in [0.2, 0.25) is 0 Å². The summed E-state index contributed by atoms with van der Waals surface area (Å²) in [5.41, 5.74) is 4.67. The van der Waals surface area contributed by atoms with Gasteiger partial charge < -0.3 is 5.32 Å². The molecule has 3 nitrogen and oxygen atoms in total. The van der Waals surface area contributed by atoms with Gasteiger partial charge in [0.15, 0.2) is 0 Å². The number of hydrogen-bond acceptors (Lipinski definition) is 3. The molecule has 0 atom stereocenters. The number of nitrogens with one attached hydrogen (secondary N) is 1. The van der Waals surface area contributed by atoms with E-state index < -0.39 is 0 Å². The van der Waals surface area contributed by atoms with Crippen LogP contribution in [0.4, 0.5) is 5.82 Å². The predicted molar refractivity (Wildman–Crippen MR) is 98.9 cm³/mol. The maximum atomic E-state index is 4.75. The third kappa shape index (κ3) is 4.19. The molecular formula is C19H20BN3. The molecule has 23 heavy (non-hydrogen) atoms. The minimum Gasteiger partial charge on any atom is -0.370 e. The number of rotatable bonds is 6. The Morgan fingerprint density at radius 1 is 0.913 bits per heavy atom. The Bertz CT molecular complexity index is 745. The van der Waals surface area contributed by atoms with Crippen molar-refractivity contribution >= 4 is 19.1 Å². The molecule has 0 aliphatic carbocycles. The lowest BCUT2D eigenvalue weighted by Gasteiger charge is -2.10. The topological polar surface area (TPSA) is 37.8 Å². The molecule has 0 saturated carbocycles. The molecule has 0 saturated heterocycles. The molecule has 114 valence electrons. The van der Waals surface area contributed by atoms with Gasteiger partial charge in [-0.2, -0.15) is 0 Å². The molecule has 3 aromatic rings. The van der Waals surface area contributed by atoms with Crippen LogP contribution >= 0.6 is 0 Å². The number of hydrogen-bond donors (Lipinski definition) is 1. The summed E-state index contributed by atoms with van der Waals surface area (Å²) in [5, 5.41) is 3.43. The summed E-state index contributed by atoms with van der Waals surface area (Å²) in [6.07, 6.45) is 5.77. The summed E-state index contributed by atoms with van der Waals surface area (Å²) in [6.45, 7) is 0.917. The van der Waals surface area contributed by atoms with E-state index in [2.05, 4.69) is 54.5 Å². The molecule has 1 N–H and O–H groups in total. The smallest absolute Gasteiger partial charge is 0.142 e. The van der Waals surface area contributed by atoms with Gasteiger partial charge in [-0.1, -0.05) is 41.9 Å². The second kappa shape index (κ2) is 7.59. The van der Waals surface area contributed by atoms with Crippen molar-refractivity contribution in [2.45, 2.75) is 12.8 Å². The van der Waals surface area contributed by atoms with Gasteiger partial charge in [-0.15, -0.1) is 0 Å². The van der Waals surface area contributed by atoms with Crippen molar-refractivity contribution in [3.05, 3.63) is 72.6 Å². The first-order valence-electron chi connectivity index (χ1n) is 7.99. The average molecular weight is 301 g/mol. The van der Waals surface area contributed by atoms with Crippen LogP contribution in [0.5, 0.6) is 0 Å². The van der Waals surface area contributed by atoms with Crippen molar-refractivity contribution in [2.24, 2.45) is 0 Å². The van der Waals surface area contributed by atoms with E-state index in [-0.39, 0.29) is 0 Å². The van der Waals surface area contributed by atoms with Gasteiger partial charge in [0.05, 0.1) is 5.69 Å². The number of anilines is 1. The summed E-state index contributed by atoms with van der Waals surface area (Å²) in [7, 11) is 2.09. The number of pyridine rings is 2. The van der Waals surface area contributed by atoms with Crippen LogP contribution in [0.3, 0.4) is 0 Å². The Labute approximate surface area is 138 Å². The van der Waals surface area contributed by atoms with Gasteiger partial charge in [0.1, 0.15) is 13.7 Å². The molecule has 1 aromatic carbocycles. The quantitative estimate of drug-likeness (QED) is 0.561. The van der Waals surface area contributed by atoms with Gasteiger partial charge in [0.2, 0.25) is 0 Å². The van der Waals surface area contributed by atoms with E-state index in [1.165, 1.54) is 11.0 Å². The molecule has 3 rings (SSSR count). The average Bonchev–Trinajstić information content (AvgIpc) is 2.62. The van der Waals surface area contributed by atoms with Crippen molar-refractivity contribution < 1.29 is 0 Å². The molecule has 0 aliphatic heterocycles. The molecule has 2 heterocycles. The highest BCUT2D eigenvalue weighted by molar-refractivity contribution is 6.35. The van der Waals surface area contributed by atoms with E-state index in [4.69, 9.17) is 4.98 Å². The van der Waals surface area contributed by atoms with E-state index in [0.29, 0.717) is 0 Å². The Balaban J connectivity index is 1.60. The second-order valence-corrected chi connectivity index (χ2v) is 5.61. The summed E-state index contributed by atoms with van der Waals surface area (Å²) < 4.78 is 0. The summed E-state index contributed by atoms with van der Waals surface area (Å²) in [4.78, 5) is 8.82. The molecule has 0 aliphatic rings. The molecule has 0 radical (unpaired) electrons. The van der Waals surface area contributed by atoms with Crippen LogP contribution in [0.25, 0.3) is 11.3 Å². The van der Waals surface area contributed by atoms with E-state index in [0.717, 1.165) is 36.5 Å². The minimum atomic E-state index is 0.917. The monoisotopic (exact) mass is 301 g/mol. The van der Waals surface area contributed by atoms with E-state index in [1.807, 2.05) is 18.2 Å². The van der Waals surface area contributed by atoms with Crippen molar-refractivity contribution in [1.29, 1.82) is 0 Å². The SMILES string of the molecule is Bc1ccc(NCCCc2ccccc2)nc1-c1ccncc1. The molecular weight excluding hydrogens is 281 g/mol. The molecule has 0 unspecified atom stereocenters. The van der Waals surface area contributed by atoms with Crippen LogP contribution in [-0.4, -0.2) is 24.4 Å².